The highest BCUT2D eigenvalue weighted by atomic mass is 35.5. The molecule has 21 heavy (non-hydrogen) atoms. The Morgan fingerprint density at radius 1 is 1.48 bits per heavy atom. The molecule has 6 nitrogen and oxygen atoms in total. The van der Waals surface area contributed by atoms with Gasteiger partial charge in [-0.2, -0.15) is 0 Å². The highest BCUT2D eigenvalue weighted by Gasteiger charge is 2.34. The molecule has 0 aromatic heterocycles. The van der Waals surface area contributed by atoms with Gasteiger partial charge in [-0.1, -0.05) is 28.8 Å². The third-order valence-electron chi connectivity index (χ3n) is 2.99. The van der Waals surface area contributed by atoms with Gasteiger partial charge < -0.3 is 10.1 Å². The largest absolute Gasteiger partial charge is 0.465 e. The average molecular weight is 311 g/mol. The number of rotatable bonds is 8. The Labute approximate surface area is 129 Å². The lowest BCUT2D eigenvalue weighted by Crippen LogP contribution is -2.53. The van der Waals surface area contributed by atoms with Gasteiger partial charge in [0.15, 0.2) is 0 Å². The summed E-state index contributed by atoms with van der Waals surface area (Å²) in [6.45, 7) is 4.52. The molecule has 0 aliphatic carbocycles. The molecule has 114 valence electrons. The Bertz CT molecular complexity index is 514. The maximum atomic E-state index is 12.2. The van der Waals surface area contributed by atoms with Crippen LogP contribution in [-0.4, -0.2) is 31.2 Å². The van der Waals surface area contributed by atoms with Crippen molar-refractivity contribution in [1.82, 2.24) is 5.32 Å². The molecular formula is C14H19ClN4O2. The lowest BCUT2D eigenvalue weighted by atomic mass is 9.92. The number of nitrogens with zero attached hydrogens (tertiary/aromatic N) is 3. The van der Waals surface area contributed by atoms with Crippen LogP contribution in [0, 0.1) is 0 Å². The van der Waals surface area contributed by atoms with E-state index in [2.05, 4.69) is 15.3 Å². The van der Waals surface area contributed by atoms with E-state index in [0.717, 1.165) is 5.56 Å². The van der Waals surface area contributed by atoms with Crippen LogP contribution in [0.3, 0.4) is 0 Å². The van der Waals surface area contributed by atoms with Gasteiger partial charge in [0.05, 0.1) is 6.61 Å². The first-order valence-corrected chi connectivity index (χ1v) is 7.07. The summed E-state index contributed by atoms with van der Waals surface area (Å²) >= 11 is 5.86. The fourth-order valence-corrected chi connectivity index (χ4v) is 2.06. The fourth-order valence-electron chi connectivity index (χ4n) is 1.93. The van der Waals surface area contributed by atoms with Crippen molar-refractivity contribution < 1.29 is 9.53 Å². The van der Waals surface area contributed by atoms with Gasteiger partial charge in [0, 0.05) is 29.4 Å². The highest BCUT2D eigenvalue weighted by Crippen LogP contribution is 2.17. The minimum Gasteiger partial charge on any atom is -0.465 e. The van der Waals surface area contributed by atoms with Gasteiger partial charge in [0.25, 0.3) is 0 Å². The van der Waals surface area contributed by atoms with Crippen molar-refractivity contribution in [3.05, 3.63) is 45.3 Å². The summed E-state index contributed by atoms with van der Waals surface area (Å²) in [5, 5.41) is 7.20. The zero-order valence-corrected chi connectivity index (χ0v) is 12.9. The van der Waals surface area contributed by atoms with Crippen LogP contribution in [0.15, 0.2) is 29.4 Å². The van der Waals surface area contributed by atoms with E-state index in [1.165, 1.54) is 0 Å². The zero-order chi connectivity index (χ0) is 15.7. The van der Waals surface area contributed by atoms with Gasteiger partial charge in [-0.05, 0) is 37.1 Å². The number of hydrogen-bond acceptors (Lipinski definition) is 4. The standard InChI is InChI=1S/C14H19ClN4O2/c1-3-21-13(20)14(2,17-8-9-18-19-16)10-11-4-6-12(15)7-5-11/h4-7,17H,3,8-10H2,1-2H3. The average Bonchev–Trinajstić information content (AvgIpc) is 2.46. The first kappa shape index (κ1) is 17.3. The second-order valence-corrected chi connectivity index (χ2v) is 5.17. The first-order chi connectivity index (χ1) is 10.0. The number of carbonyl (C=O) groups excluding carboxylic acids is 1. The number of ether oxygens (including phenoxy) is 1. The molecule has 1 atom stereocenters. The summed E-state index contributed by atoms with van der Waals surface area (Å²) in [5.74, 6) is -0.333. The Morgan fingerprint density at radius 3 is 2.71 bits per heavy atom. The van der Waals surface area contributed by atoms with Crippen molar-refractivity contribution in [2.45, 2.75) is 25.8 Å². The molecule has 0 bridgehead atoms. The molecule has 0 amide bonds. The summed E-state index contributed by atoms with van der Waals surface area (Å²) in [5.41, 5.74) is 8.36. The molecule has 0 radical (unpaired) electrons. The molecule has 1 rings (SSSR count). The van der Waals surface area contributed by atoms with Crippen LogP contribution < -0.4 is 5.32 Å². The summed E-state index contributed by atoms with van der Waals surface area (Å²) in [6.07, 6.45) is 0.458. The Kier molecular flexibility index (Phi) is 7.02. The molecule has 0 saturated carbocycles. The third kappa shape index (κ3) is 5.63. The Morgan fingerprint density at radius 2 is 2.14 bits per heavy atom. The summed E-state index contributed by atoms with van der Waals surface area (Å²) in [4.78, 5) is 14.9. The van der Waals surface area contributed by atoms with Crippen molar-refractivity contribution in [2.75, 3.05) is 19.7 Å². The molecule has 0 saturated heterocycles. The van der Waals surface area contributed by atoms with Crippen LogP contribution in [0.4, 0.5) is 0 Å². The van der Waals surface area contributed by atoms with E-state index in [-0.39, 0.29) is 12.5 Å². The monoisotopic (exact) mass is 310 g/mol. The first-order valence-electron chi connectivity index (χ1n) is 6.69. The van der Waals surface area contributed by atoms with Crippen LogP contribution in [0.5, 0.6) is 0 Å². The number of halogens is 1. The highest BCUT2D eigenvalue weighted by molar-refractivity contribution is 6.30. The van der Waals surface area contributed by atoms with Gasteiger partial charge in [0.1, 0.15) is 5.54 Å². The third-order valence-corrected chi connectivity index (χ3v) is 3.24. The van der Waals surface area contributed by atoms with E-state index in [0.29, 0.717) is 24.6 Å². The number of nitrogens with one attached hydrogen (secondary N) is 1. The molecule has 1 aromatic carbocycles. The van der Waals surface area contributed by atoms with Crippen LogP contribution in [0.1, 0.15) is 19.4 Å². The van der Waals surface area contributed by atoms with Gasteiger partial charge in [-0.25, -0.2) is 0 Å². The van der Waals surface area contributed by atoms with Crippen molar-refractivity contribution >= 4 is 17.6 Å². The Hall–Kier alpha value is -1.75. The van der Waals surface area contributed by atoms with E-state index >= 15 is 0 Å². The van der Waals surface area contributed by atoms with E-state index in [1.54, 1.807) is 26.0 Å². The SMILES string of the molecule is CCOC(=O)C(C)(Cc1ccc(Cl)cc1)NCCN=[N+]=[N-]. The topological polar surface area (TPSA) is 87.1 Å². The lowest BCUT2D eigenvalue weighted by molar-refractivity contribution is -0.150. The van der Waals surface area contributed by atoms with Crippen LogP contribution in [0.25, 0.3) is 10.4 Å². The van der Waals surface area contributed by atoms with Gasteiger partial charge in [-0.15, -0.1) is 0 Å². The summed E-state index contributed by atoms with van der Waals surface area (Å²) in [7, 11) is 0. The molecule has 7 heteroatoms. The van der Waals surface area contributed by atoms with E-state index in [9.17, 15) is 4.79 Å². The predicted molar refractivity (Wildman–Crippen MR) is 82.2 cm³/mol. The van der Waals surface area contributed by atoms with E-state index in [1.807, 2.05) is 12.1 Å². The second-order valence-electron chi connectivity index (χ2n) is 4.74. The molecule has 1 aromatic rings. The normalized spacial score (nSPS) is 13.1. The van der Waals surface area contributed by atoms with Crippen LogP contribution >= 0.6 is 11.6 Å². The van der Waals surface area contributed by atoms with Gasteiger partial charge >= 0.3 is 5.97 Å². The van der Waals surface area contributed by atoms with Gasteiger partial charge in [-0.3, -0.25) is 4.79 Å². The van der Waals surface area contributed by atoms with Crippen LogP contribution in [0.2, 0.25) is 5.02 Å². The molecular weight excluding hydrogens is 292 g/mol. The number of hydrogen-bond donors (Lipinski definition) is 1. The minimum absolute atomic E-state index is 0.270. The Balaban J connectivity index is 2.81. The molecule has 0 aliphatic rings. The smallest absolute Gasteiger partial charge is 0.326 e. The summed E-state index contributed by atoms with van der Waals surface area (Å²) < 4.78 is 5.13. The van der Waals surface area contributed by atoms with Crippen molar-refractivity contribution in [1.29, 1.82) is 0 Å². The second kappa shape index (κ2) is 8.52. The quantitative estimate of drug-likeness (QED) is 0.263. The van der Waals surface area contributed by atoms with Crippen molar-refractivity contribution in [3.63, 3.8) is 0 Å². The molecule has 1 unspecified atom stereocenters. The fraction of sp³-hybridized carbons (Fsp3) is 0.500. The van der Waals surface area contributed by atoms with Crippen molar-refractivity contribution in [3.8, 4) is 0 Å². The lowest BCUT2D eigenvalue weighted by Gasteiger charge is -2.28. The zero-order valence-electron chi connectivity index (χ0n) is 12.2. The van der Waals surface area contributed by atoms with Crippen LogP contribution in [-0.2, 0) is 16.0 Å². The molecule has 1 N–H and O–H groups in total. The van der Waals surface area contributed by atoms with E-state index < -0.39 is 5.54 Å². The predicted octanol–water partition coefficient (Wildman–Crippen LogP) is 3.10. The number of benzene rings is 1. The molecule has 0 heterocycles. The van der Waals surface area contributed by atoms with Crippen molar-refractivity contribution in [2.24, 2.45) is 5.11 Å². The molecule has 0 aliphatic heterocycles. The maximum Gasteiger partial charge on any atom is 0.326 e. The number of azide groups is 1. The maximum absolute atomic E-state index is 12.2. The van der Waals surface area contributed by atoms with Gasteiger partial charge in [0.2, 0.25) is 0 Å². The van der Waals surface area contributed by atoms with E-state index in [4.69, 9.17) is 21.9 Å². The number of esters is 1. The molecule has 0 spiro atoms. The summed E-state index contributed by atoms with van der Waals surface area (Å²) in [6, 6.07) is 7.30. The molecule has 0 fully saturated rings. The number of carbonyl (C=O) groups is 1. The minimum atomic E-state index is -0.880.